The highest BCUT2D eigenvalue weighted by molar-refractivity contribution is 6.01. The van der Waals surface area contributed by atoms with Crippen LogP contribution in [-0.4, -0.2) is 39.8 Å². The van der Waals surface area contributed by atoms with Crippen molar-refractivity contribution in [3.8, 4) is 11.5 Å². The molecule has 158 valence electrons. The molecule has 6 nitrogen and oxygen atoms in total. The van der Waals surface area contributed by atoms with Crippen LogP contribution >= 0.6 is 0 Å². The van der Waals surface area contributed by atoms with Gasteiger partial charge < -0.3 is 14.7 Å². The van der Waals surface area contributed by atoms with Crippen molar-refractivity contribution in [1.82, 2.24) is 15.1 Å². The molecule has 6 heteroatoms. The van der Waals surface area contributed by atoms with Gasteiger partial charge in [0.15, 0.2) is 0 Å². The highest BCUT2D eigenvalue weighted by atomic mass is 16.5. The maximum absolute atomic E-state index is 13.1. The number of aromatic nitrogens is 2. The molecule has 0 atom stereocenters. The number of phenols is 1. The number of phenolic OH excluding ortho intramolecular Hbond substituents is 1. The second-order valence-corrected chi connectivity index (χ2v) is 7.49. The molecule has 1 aromatic heterocycles. The van der Waals surface area contributed by atoms with Gasteiger partial charge in [-0.2, -0.15) is 5.10 Å². The van der Waals surface area contributed by atoms with Crippen LogP contribution in [0.4, 0.5) is 0 Å². The Balaban J connectivity index is 1.56. The van der Waals surface area contributed by atoms with E-state index in [4.69, 9.17) is 4.74 Å². The predicted molar refractivity (Wildman–Crippen MR) is 120 cm³/mol. The Labute approximate surface area is 181 Å². The summed E-state index contributed by atoms with van der Waals surface area (Å²) in [7, 11) is 1.72. The Morgan fingerprint density at radius 3 is 2.52 bits per heavy atom. The summed E-state index contributed by atoms with van der Waals surface area (Å²) >= 11 is 0. The smallest absolute Gasteiger partial charge is 0.257 e. The van der Waals surface area contributed by atoms with Crippen LogP contribution in [0.25, 0.3) is 10.9 Å². The maximum Gasteiger partial charge on any atom is 0.257 e. The van der Waals surface area contributed by atoms with Gasteiger partial charge >= 0.3 is 0 Å². The Bertz CT molecular complexity index is 1180. The van der Waals surface area contributed by atoms with Crippen molar-refractivity contribution in [1.29, 1.82) is 0 Å². The summed E-state index contributed by atoms with van der Waals surface area (Å²) in [6.45, 7) is 2.97. The SMILES string of the molecule is CCOc1ccc(CN(C)C(=O)c2cc3c(Cc4ccccc4)n[nH]c3cc2O)cc1. The minimum atomic E-state index is -0.250. The van der Waals surface area contributed by atoms with Gasteiger partial charge in [-0.1, -0.05) is 42.5 Å². The van der Waals surface area contributed by atoms with Gasteiger partial charge in [-0.3, -0.25) is 9.89 Å². The van der Waals surface area contributed by atoms with E-state index in [9.17, 15) is 9.90 Å². The molecule has 0 unspecified atom stereocenters. The van der Waals surface area contributed by atoms with Crippen LogP contribution < -0.4 is 4.74 Å². The number of ether oxygens (including phenoxy) is 1. The molecule has 3 aromatic carbocycles. The molecular formula is C25H25N3O3. The Hall–Kier alpha value is -3.80. The van der Waals surface area contributed by atoms with E-state index in [2.05, 4.69) is 10.2 Å². The van der Waals surface area contributed by atoms with Gasteiger partial charge in [-0.25, -0.2) is 0 Å². The minimum absolute atomic E-state index is 0.0639. The van der Waals surface area contributed by atoms with Crippen molar-refractivity contribution < 1.29 is 14.6 Å². The molecule has 4 rings (SSSR count). The van der Waals surface area contributed by atoms with E-state index in [1.165, 1.54) is 0 Å². The second-order valence-electron chi connectivity index (χ2n) is 7.49. The van der Waals surface area contributed by atoms with Crippen LogP contribution in [0.15, 0.2) is 66.7 Å². The average Bonchev–Trinajstić information content (AvgIpc) is 3.16. The van der Waals surface area contributed by atoms with E-state index < -0.39 is 0 Å². The molecule has 0 radical (unpaired) electrons. The lowest BCUT2D eigenvalue weighted by Crippen LogP contribution is -2.26. The van der Waals surface area contributed by atoms with Crippen LogP contribution in [0.5, 0.6) is 11.5 Å². The molecule has 0 bridgehead atoms. The van der Waals surface area contributed by atoms with Crippen molar-refractivity contribution in [2.75, 3.05) is 13.7 Å². The number of nitrogens with zero attached hydrogens (tertiary/aromatic N) is 2. The summed E-state index contributed by atoms with van der Waals surface area (Å²) in [5, 5.41) is 18.7. The number of H-pyrrole nitrogens is 1. The predicted octanol–water partition coefficient (Wildman–Crippen LogP) is 4.53. The summed E-state index contributed by atoms with van der Waals surface area (Å²) < 4.78 is 5.46. The number of carbonyl (C=O) groups is 1. The normalized spacial score (nSPS) is 10.9. The fraction of sp³-hybridized carbons (Fsp3) is 0.200. The van der Waals surface area contributed by atoms with Crippen LogP contribution in [0.1, 0.15) is 34.1 Å². The van der Waals surface area contributed by atoms with Gasteiger partial charge in [0, 0.05) is 31.5 Å². The van der Waals surface area contributed by atoms with Crippen molar-refractivity contribution >= 4 is 16.8 Å². The lowest BCUT2D eigenvalue weighted by molar-refractivity contribution is 0.0782. The summed E-state index contributed by atoms with van der Waals surface area (Å²) in [6, 6.07) is 21.0. The number of aromatic hydroxyl groups is 1. The first kappa shape index (κ1) is 20.5. The largest absolute Gasteiger partial charge is 0.507 e. The third-order valence-electron chi connectivity index (χ3n) is 5.20. The van der Waals surface area contributed by atoms with Gasteiger partial charge in [-0.05, 0) is 36.2 Å². The van der Waals surface area contributed by atoms with Crippen LogP contribution in [0.2, 0.25) is 0 Å². The van der Waals surface area contributed by atoms with E-state index in [0.717, 1.165) is 28.0 Å². The molecule has 2 N–H and O–H groups in total. The molecule has 4 aromatic rings. The number of rotatable bonds is 7. The summed E-state index contributed by atoms with van der Waals surface area (Å²) in [5.41, 5.74) is 3.91. The highest BCUT2D eigenvalue weighted by Crippen LogP contribution is 2.28. The molecule has 0 aliphatic rings. The zero-order chi connectivity index (χ0) is 21.8. The Morgan fingerprint density at radius 2 is 1.81 bits per heavy atom. The topological polar surface area (TPSA) is 78.5 Å². The number of aromatic amines is 1. The molecule has 1 amide bonds. The van der Waals surface area contributed by atoms with Crippen LogP contribution in [0.3, 0.4) is 0 Å². The molecule has 0 aliphatic carbocycles. The quantitative estimate of drug-likeness (QED) is 0.465. The summed E-state index contributed by atoms with van der Waals surface area (Å²) in [5.74, 6) is 0.486. The average molecular weight is 415 g/mol. The van der Waals surface area contributed by atoms with Gasteiger partial charge in [0.25, 0.3) is 5.91 Å². The minimum Gasteiger partial charge on any atom is -0.507 e. The van der Waals surface area contributed by atoms with Crippen LogP contribution in [0, 0.1) is 0 Å². The fourth-order valence-corrected chi connectivity index (χ4v) is 3.61. The van der Waals surface area contributed by atoms with Crippen molar-refractivity contribution in [3.05, 3.63) is 89.1 Å². The monoisotopic (exact) mass is 415 g/mol. The number of hydrogen-bond donors (Lipinski definition) is 2. The number of carbonyl (C=O) groups excluding carboxylic acids is 1. The number of benzene rings is 3. The van der Waals surface area contributed by atoms with Gasteiger partial charge in [-0.15, -0.1) is 0 Å². The van der Waals surface area contributed by atoms with Gasteiger partial charge in [0.05, 0.1) is 23.4 Å². The lowest BCUT2D eigenvalue weighted by Gasteiger charge is -2.18. The van der Waals surface area contributed by atoms with E-state index >= 15 is 0 Å². The van der Waals surface area contributed by atoms with Crippen molar-refractivity contribution in [2.45, 2.75) is 19.9 Å². The third-order valence-corrected chi connectivity index (χ3v) is 5.20. The molecule has 0 fully saturated rings. The molecule has 0 spiro atoms. The van der Waals surface area contributed by atoms with Crippen LogP contribution in [-0.2, 0) is 13.0 Å². The standard InChI is InChI=1S/C25H25N3O3/c1-3-31-19-11-9-18(10-12-19)16-28(2)25(30)21-14-20-22(13-17-7-5-4-6-8-17)26-27-23(20)15-24(21)29/h4-12,14-15,29H,3,13,16H2,1-2H3,(H,26,27). The second kappa shape index (κ2) is 8.92. The van der Waals surface area contributed by atoms with E-state index in [1.807, 2.05) is 61.5 Å². The first-order valence-electron chi connectivity index (χ1n) is 10.3. The molecule has 0 saturated carbocycles. The van der Waals surface area contributed by atoms with Crippen molar-refractivity contribution in [3.63, 3.8) is 0 Å². The number of nitrogens with one attached hydrogen (secondary N) is 1. The maximum atomic E-state index is 13.1. The summed E-state index contributed by atoms with van der Waals surface area (Å²) in [4.78, 5) is 14.7. The third kappa shape index (κ3) is 4.53. The highest BCUT2D eigenvalue weighted by Gasteiger charge is 2.19. The fourth-order valence-electron chi connectivity index (χ4n) is 3.61. The first-order chi connectivity index (χ1) is 15.0. The van der Waals surface area contributed by atoms with Crippen molar-refractivity contribution in [2.24, 2.45) is 0 Å². The Morgan fingerprint density at radius 1 is 1.06 bits per heavy atom. The molecule has 31 heavy (non-hydrogen) atoms. The first-order valence-corrected chi connectivity index (χ1v) is 10.3. The number of amides is 1. The molecule has 0 aliphatic heterocycles. The van der Waals surface area contributed by atoms with E-state index in [1.54, 1.807) is 24.1 Å². The van der Waals surface area contributed by atoms with Gasteiger partial charge in [0.1, 0.15) is 11.5 Å². The zero-order valence-corrected chi connectivity index (χ0v) is 17.6. The summed E-state index contributed by atoms with van der Waals surface area (Å²) in [6.07, 6.45) is 0.640. The molecular weight excluding hydrogens is 390 g/mol. The molecule has 1 heterocycles. The van der Waals surface area contributed by atoms with Gasteiger partial charge in [0.2, 0.25) is 0 Å². The Kier molecular flexibility index (Phi) is 5.89. The molecule has 0 saturated heterocycles. The van der Waals surface area contributed by atoms with E-state index in [0.29, 0.717) is 25.1 Å². The van der Waals surface area contributed by atoms with E-state index in [-0.39, 0.29) is 17.2 Å². The number of hydrogen-bond acceptors (Lipinski definition) is 4. The lowest BCUT2D eigenvalue weighted by atomic mass is 10.0. The zero-order valence-electron chi connectivity index (χ0n) is 17.6. The number of fused-ring (bicyclic) bond motifs is 1.